The third-order valence-corrected chi connectivity index (χ3v) is 3.98. The molecule has 0 radical (unpaired) electrons. The van der Waals surface area contributed by atoms with Crippen molar-refractivity contribution in [1.82, 2.24) is 5.32 Å². The molecule has 10 heteroatoms. The molecule has 0 aliphatic rings. The first kappa shape index (κ1) is 22.0. The minimum Gasteiger partial charge on any atom is -0.468 e. The smallest absolute Gasteiger partial charge is 0.320 e. The van der Waals surface area contributed by atoms with E-state index < -0.39 is 65.2 Å². The van der Waals surface area contributed by atoms with Crippen molar-refractivity contribution in [2.24, 2.45) is 17.6 Å². The van der Waals surface area contributed by atoms with Gasteiger partial charge in [-0.25, -0.2) is 8.78 Å². The normalized spacial score (nSPS) is 12.8. The molecule has 0 spiro atoms. The van der Waals surface area contributed by atoms with Gasteiger partial charge >= 0.3 is 11.9 Å². The van der Waals surface area contributed by atoms with Gasteiger partial charge in [0.05, 0.1) is 20.6 Å². The number of carbonyl (C=O) groups is 4. The fraction of sp³-hybridized carbons (Fsp3) is 0.412. The number of ether oxygens (including phenoxy) is 2. The molecule has 0 heterocycles. The lowest BCUT2D eigenvalue weighted by atomic mass is 9.86. The number of hydrogen-bond acceptors (Lipinski definition) is 6. The molecule has 0 aliphatic heterocycles. The van der Waals surface area contributed by atoms with Crippen LogP contribution in [0.4, 0.5) is 8.78 Å². The van der Waals surface area contributed by atoms with E-state index in [1.165, 1.54) is 6.92 Å². The van der Waals surface area contributed by atoms with Crippen LogP contribution in [0.1, 0.15) is 12.5 Å². The summed E-state index contributed by atoms with van der Waals surface area (Å²) >= 11 is 0. The molecule has 1 rings (SSSR count). The molecule has 148 valence electrons. The topological polar surface area (TPSA) is 125 Å². The molecule has 0 aromatic heterocycles. The van der Waals surface area contributed by atoms with Crippen molar-refractivity contribution in [2.45, 2.75) is 19.4 Å². The Bertz CT molecular complexity index is 704. The van der Waals surface area contributed by atoms with Crippen molar-refractivity contribution in [3.63, 3.8) is 0 Å². The average molecular weight is 386 g/mol. The molecule has 27 heavy (non-hydrogen) atoms. The summed E-state index contributed by atoms with van der Waals surface area (Å²) in [7, 11) is 2.06. The molecule has 0 unspecified atom stereocenters. The first-order valence-electron chi connectivity index (χ1n) is 7.81. The van der Waals surface area contributed by atoms with Gasteiger partial charge in [0, 0.05) is 11.5 Å². The minimum atomic E-state index is -1.54. The van der Waals surface area contributed by atoms with Crippen LogP contribution in [0.3, 0.4) is 0 Å². The fourth-order valence-corrected chi connectivity index (χ4v) is 2.52. The van der Waals surface area contributed by atoms with E-state index in [9.17, 15) is 28.0 Å². The van der Waals surface area contributed by atoms with Crippen molar-refractivity contribution in [1.29, 1.82) is 0 Å². The number of benzene rings is 1. The molecule has 0 saturated carbocycles. The predicted molar refractivity (Wildman–Crippen MR) is 87.9 cm³/mol. The van der Waals surface area contributed by atoms with E-state index in [0.717, 1.165) is 32.4 Å². The molecule has 8 nitrogen and oxygen atoms in total. The molecule has 0 fully saturated rings. The summed E-state index contributed by atoms with van der Waals surface area (Å²) in [4.78, 5) is 47.6. The third-order valence-electron chi connectivity index (χ3n) is 3.98. The number of esters is 2. The van der Waals surface area contributed by atoms with Crippen molar-refractivity contribution in [2.75, 3.05) is 14.2 Å². The lowest BCUT2D eigenvalue weighted by molar-refractivity contribution is -0.162. The second kappa shape index (κ2) is 9.60. The monoisotopic (exact) mass is 386 g/mol. The quantitative estimate of drug-likeness (QED) is 0.481. The number of methoxy groups -OCH3 is 2. The van der Waals surface area contributed by atoms with Crippen LogP contribution in [-0.4, -0.2) is 44.0 Å². The number of amides is 2. The highest BCUT2D eigenvalue weighted by atomic mass is 19.1. The summed E-state index contributed by atoms with van der Waals surface area (Å²) in [6, 6.07) is 1.60. The highest BCUT2D eigenvalue weighted by molar-refractivity contribution is 5.97. The number of primary amides is 1. The van der Waals surface area contributed by atoms with Gasteiger partial charge in [-0.05, 0) is 12.1 Å². The lowest BCUT2D eigenvalue weighted by Crippen LogP contribution is -2.53. The molecule has 1 aromatic carbocycles. The van der Waals surface area contributed by atoms with E-state index in [0.29, 0.717) is 0 Å². The Morgan fingerprint density at radius 1 is 1.07 bits per heavy atom. The van der Waals surface area contributed by atoms with Gasteiger partial charge in [0.2, 0.25) is 11.8 Å². The van der Waals surface area contributed by atoms with Crippen LogP contribution in [-0.2, 0) is 35.1 Å². The maximum absolute atomic E-state index is 13.7. The number of rotatable bonds is 8. The highest BCUT2D eigenvalue weighted by Gasteiger charge is 2.41. The number of halogens is 2. The first-order valence-corrected chi connectivity index (χ1v) is 7.81. The third kappa shape index (κ3) is 5.47. The summed E-state index contributed by atoms with van der Waals surface area (Å²) in [6.45, 7) is 1.30. The predicted octanol–water partition coefficient (Wildman–Crippen LogP) is 0.0757. The number of nitrogens with two attached hydrogens (primary N) is 1. The largest absolute Gasteiger partial charge is 0.468 e. The molecular weight excluding hydrogens is 366 g/mol. The van der Waals surface area contributed by atoms with Crippen molar-refractivity contribution >= 4 is 23.8 Å². The molecule has 0 bridgehead atoms. The number of carbonyl (C=O) groups excluding carboxylic acids is 4. The van der Waals surface area contributed by atoms with Gasteiger partial charge in [0.25, 0.3) is 0 Å². The van der Waals surface area contributed by atoms with Crippen LogP contribution in [0, 0.1) is 23.5 Å². The van der Waals surface area contributed by atoms with E-state index >= 15 is 0 Å². The van der Waals surface area contributed by atoms with Gasteiger partial charge < -0.3 is 20.5 Å². The molecule has 0 aliphatic carbocycles. The summed E-state index contributed by atoms with van der Waals surface area (Å²) in [5.41, 5.74) is 4.76. The van der Waals surface area contributed by atoms with Crippen LogP contribution in [0.5, 0.6) is 0 Å². The maximum Gasteiger partial charge on any atom is 0.320 e. The van der Waals surface area contributed by atoms with E-state index in [2.05, 4.69) is 14.8 Å². The minimum absolute atomic E-state index is 0.497. The molecule has 0 saturated heterocycles. The van der Waals surface area contributed by atoms with Gasteiger partial charge in [-0.1, -0.05) is 13.0 Å². The van der Waals surface area contributed by atoms with Crippen LogP contribution in [0.15, 0.2) is 18.2 Å². The summed E-state index contributed by atoms with van der Waals surface area (Å²) in [5, 5.41) is 2.20. The Hall–Kier alpha value is -3.04. The van der Waals surface area contributed by atoms with Crippen LogP contribution < -0.4 is 11.1 Å². The molecule has 2 amide bonds. The molecule has 3 N–H and O–H groups in total. The van der Waals surface area contributed by atoms with Crippen molar-refractivity contribution in [3.8, 4) is 0 Å². The fourth-order valence-electron chi connectivity index (χ4n) is 2.52. The van der Waals surface area contributed by atoms with E-state index in [1.807, 2.05) is 0 Å². The zero-order valence-electron chi connectivity index (χ0n) is 15.0. The Morgan fingerprint density at radius 3 is 1.96 bits per heavy atom. The Kier molecular flexibility index (Phi) is 7.82. The Balaban J connectivity index is 3.03. The SMILES string of the molecule is COC(=O)C(C(=O)OC)[C@H](C)[C@@H](NC(=O)Cc1c(F)cccc1F)C(N)=O. The van der Waals surface area contributed by atoms with E-state index in [4.69, 9.17) is 5.73 Å². The summed E-state index contributed by atoms with van der Waals surface area (Å²) < 4.78 is 36.4. The molecule has 2 atom stereocenters. The van der Waals surface area contributed by atoms with Gasteiger partial charge in [-0.3, -0.25) is 19.2 Å². The highest BCUT2D eigenvalue weighted by Crippen LogP contribution is 2.20. The second-order valence-corrected chi connectivity index (χ2v) is 5.71. The van der Waals surface area contributed by atoms with Gasteiger partial charge in [-0.15, -0.1) is 0 Å². The van der Waals surface area contributed by atoms with Crippen molar-refractivity contribution < 1.29 is 37.4 Å². The Labute approximate surface area is 154 Å². The summed E-state index contributed by atoms with van der Waals surface area (Å²) in [6.07, 6.45) is -0.712. The Morgan fingerprint density at radius 2 is 1.56 bits per heavy atom. The number of hydrogen-bond donors (Lipinski definition) is 2. The van der Waals surface area contributed by atoms with Gasteiger partial charge in [0.1, 0.15) is 17.7 Å². The zero-order valence-corrected chi connectivity index (χ0v) is 15.0. The second-order valence-electron chi connectivity index (χ2n) is 5.71. The van der Waals surface area contributed by atoms with Crippen LogP contribution >= 0.6 is 0 Å². The molecular formula is C17H20F2N2O6. The standard InChI is InChI=1S/C17H20F2N2O6/c1-8(13(16(24)26-2)17(25)27-3)14(15(20)23)21-12(22)7-9-10(18)5-4-6-11(9)19/h4-6,8,13-14H,7H2,1-3H3,(H2,20,23)(H,21,22)/t8-,14+/m0/s1. The zero-order chi connectivity index (χ0) is 20.7. The van der Waals surface area contributed by atoms with Crippen LogP contribution in [0.25, 0.3) is 0 Å². The molecule has 1 aromatic rings. The van der Waals surface area contributed by atoms with Crippen molar-refractivity contribution in [3.05, 3.63) is 35.4 Å². The van der Waals surface area contributed by atoms with E-state index in [-0.39, 0.29) is 0 Å². The van der Waals surface area contributed by atoms with E-state index in [1.54, 1.807) is 0 Å². The first-order chi connectivity index (χ1) is 12.6. The lowest BCUT2D eigenvalue weighted by Gasteiger charge is -2.26. The maximum atomic E-state index is 13.7. The van der Waals surface area contributed by atoms with Crippen LogP contribution in [0.2, 0.25) is 0 Å². The number of nitrogens with one attached hydrogen (secondary N) is 1. The van der Waals surface area contributed by atoms with Gasteiger partial charge in [0.15, 0.2) is 5.92 Å². The average Bonchev–Trinajstić information content (AvgIpc) is 2.62. The van der Waals surface area contributed by atoms with Gasteiger partial charge in [-0.2, -0.15) is 0 Å². The summed E-state index contributed by atoms with van der Waals surface area (Å²) in [5.74, 6) is -8.51.